The summed E-state index contributed by atoms with van der Waals surface area (Å²) < 4.78 is 0. The number of aromatic hydroxyl groups is 1. The number of amides is 1. The Labute approximate surface area is 291 Å². The van der Waals surface area contributed by atoms with E-state index in [0.717, 1.165) is 6.08 Å². The van der Waals surface area contributed by atoms with Crippen LogP contribution < -0.4 is 5.32 Å². The second-order valence-corrected chi connectivity index (χ2v) is 12.9. The number of allylic oxidation sites excluding steroid dienone is 7. The zero-order valence-corrected chi connectivity index (χ0v) is 29.0. The molecule has 0 saturated heterocycles. The molecule has 4 bridgehead atoms. The van der Waals surface area contributed by atoms with E-state index >= 15 is 0 Å². The van der Waals surface area contributed by atoms with Crippen LogP contribution in [-0.4, -0.2) is 72.9 Å². The van der Waals surface area contributed by atoms with Crippen LogP contribution in [-0.2, 0) is 14.4 Å². The Balaban J connectivity index is 2.07. The highest BCUT2D eigenvalue weighted by Crippen LogP contribution is 2.37. The number of carbonyl (C=O) groups is 5. The Morgan fingerprint density at radius 1 is 0.720 bits per heavy atom. The molecule has 1 aromatic carbocycles. The maximum atomic E-state index is 13.7. The van der Waals surface area contributed by atoms with E-state index < -0.39 is 87.7 Å². The highest BCUT2D eigenvalue weighted by atomic mass is 16.3. The number of aryl methyl sites for hydroxylation is 1. The van der Waals surface area contributed by atoms with Gasteiger partial charge in [-0.1, -0.05) is 75.5 Å². The second-order valence-electron chi connectivity index (χ2n) is 12.9. The van der Waals surface area contributed by atoms with Gasteiger partial charge in [0.15, 0.2) is 17.3 Å². The summed E-state index contributed by atoms with van der Waals surface area (Å²) in [5.41, 5.74) is -1.36. The third-order valence-electron chi connectivity index (χ3n) is 8.81. The molecule has 2 heterocycles. The number of aliphatic hydroxyl groups excluding tert-OH is 4. The molecule has 6 N–H and O–H groups in total. The lowest BCUT2D eigenvalue weighted by Crippen LogP contribution is -2.35. The van der Waals surface area contributed by atoms with Gasteiger partial charge in [0.25, 0.3) is 5.78 Å². The standard InChI is InChI=1S/C39H45NO10/c1-20-11-9-7-8-10-12-30(44)40-33-37(48)27-18-25(6)36(47)32(31(27)38(49)39(33)50)35(46)24(5)17-23(4)34(45)22(3)14-16-26(41)15-13-21(2)29(43)19-28(20)42/h7-14,16-18,20,22-23,26,28,34,41-42,45,47-48H,15,19H2,1-6H3,(H,40,44)/b8-7-,11-9-,12-10+,16-14-,21-13+,24-17?/t20-,22+,23+,26+,28+,34+/m1/s1. The Morgan fingerprint density at radius 3 is 2.06 bits per heavy atom. The Kier molecular flexibility index (Phi) is 13.5. The van der Waals surface area contributed by atoms with Crippen LogP contribution in [0.2, 0.25) is 0 Å². The number of aliphatic hydroxyl groups is 4. The van der Waals surface area contributed by atoms with Crippen LogP contribution in [0.4, 0.5) is 0 Å². The van der Waals surface area contributed by atoms with Crippen LogP contribution in [0.15, 0.2) is 83.7 Å². The third kappa shape index (κ3) is 9.38. The summed E-state index contributed by atoms with van der Waals surface area (Å²) in [7, 11) is 0. The molecule has 1 aromatic rings. The van der Waals surface area contributed by atoms with E-state index in [-0.39, 0.29) is 35.3 Å². The first kappa shape index (κ1) is 39.5. The van der Waals surface area contributed by atoms with E-state index in [4.69, 9.17) is 0 Å². The lowest BCUT2D eigenvalue weighted by atomic mass is 9.82. The summed E-state index contributed by atoms with van der Waals surface area (Å²) in [5.74, 6) is -7.27. The van der Waals surface area contributed by atoms with Gasteiger partial charge in [-0.25, -0.2) is 0 Å². The molecule has 0 radical (unpaired) electrons. The van der Waals surface area contributed by atoms with E-state index in [1.807, 2.05) is 0 Å². The minimum atomic E-state index is -1.29. The van der Waals surface area contributed by atoms with Crippen molar-refractivity contribution < 1.29 is 49.5 Å². The predicted molar refractivity (Wildman–Crippen MR) is 188 cm³/mol. The van der Waals surface area contributed by atoms with Crippen LogP contribution in [0.5, 0.6) is 5.75 Å². The SMILES string of the molecule is CC1=C[C@H](C)[C@@H](O)[C@@H](C)/C=C\[C@@H](O)C/C=C(\C)C(=O)C[C@H](O)[C@H](C)\C=C/C=C\C=C\C(=O)NC2=C(O)c3cc(C)c(O)c(c3C(=O)C2=O)C1=O. The van der Waals surface area contributed by atoms with Crippen LogP contribution in [0.1, 0.15) is 79.3 Å². The van der Waals surface area contributed by atoms with Crippen molar-refractivity contribution in [2.75, 3.05) is 0 Å². The van der Waals surface area contributed by atoms with Gasteiger partial charge < -0.3 is 30.8 Å². The molecule has 2 aliphatic heterocycles. The second kappa shape index (κ2) is 17.1. The molecular formula is C39H45NO10. The van der Waals surface area contributed by atoms with Gasteiger partial charge in [0, 0.05) is 35.8 Å². The van der Waals surface area contributed by atoms with Crippen molar-refractivity contribution in [2.45, 2.75) is 72.7 Å². The van der Waals surface area contributed by atoms with Crippen molar-refractivity contribution in [3.63, 3.8) is 0 Å². The number of fused-ring (bicyclic) bond motifs is 18. The number of phenols is 1. The first-order valence-corrected chi connectivity index (χ1v) is 16.3. The number of nitrogens with one attached hydrogen (secondary N) is 1. The number of carbonyl (C=O) groups excluding carboxylic acids is 5. The van der Waals surface area contributed by atoms with Crippen molar-refractivity contribution in [1.29, 1.82) is 0 Å². The molecule has 11 heteroatoms. The van der Waals surface area contributed by atoms with Gasteiger partial charge in [-0.2, -0.15) is 0 Å². The number of hydrogen-bond donors (Lipinski definition) is 6. The van der Waals surface area contributed by atoms with Crippen molar-refractivity contribution in [3.05, 3.63) is 106 Å². The quantitative estimate of drug-likeness (QED) is 0.167. The molecule has 0 saturated carbocycles. The van der Waals surface area contributed by atoms with Gasteiger partial charge in [-0.15, -0.1) is 0 Å². The number of phenolic OH excluding ortho intramolecular Hbond substituents is 1. The summed E-state index contributed by atoms with van der Waals surface area (Å²) in [6, 6.07) is 1.23. The molecule has 0 unspecified atom stereocenters. The fourth-order valence-corrected chi connectivity index (χ4v) is 5.53. The molecule has 1 amide bonds. The van der Waals surface area contributed by atoms with Gasteiger partial charge in [0.1, 0.15) is 11.4 Å². The first-order valence-electron chi connectivity index (χ1n) is 16.3. The van der Waals surface area contributed by atoms with Crippen LogP contribution in [0, 0.1) is 24.7 Å². The van der Waals surface area contributed by atoms with E-state index in [1.54, 1.807) is 58.1 Å². The first-order chi connectivity index (χ1) is 23.5. The minimum Gasteiger partial charge on any atom is -0.507 e. The van der Waals surface area contributed by atoms with E-state index in [0.29, 0.717) is 5.57 Å². The molecule has 3 aliphatic rings. The smallest absolute Gasteiger partial charge is 0.253 e. The number of Topliss-reactive ketones (excluding diaryl/α,β-unsaturated/α-hetero) is 4. The minimum absolute atomic E-state index is 0.0421. The average molecular weight is 688 g/mol. The Bertz CT molecular complexity index is 1770. The molecule has 4 rings (SSSR count). The molecule has 0 spiro atoms. The lowest BCUT2D eigenvalue weighted by Gasteiger charge is -2.23. The lowest BCUT2D eigenvalue weighted by molar-refractivity contribution is -0.118. The maximum absolute atomic E-state index is 13.7. The largest absolute Gasteiger partial charge is 0.507 e. The summed E-state index contributed by atoms with van der Waals surface area (Å²) in [5, 5.41) is 56.2. The van der Waals surface area contributed by atoms with Crippen molar-refractivity contribution >= 4 is 34.8 Å². The number of ketones is 4. The summed E-state index contributed by atoms with van der Waals surface area (Å²) >= 11 is 0. The van der Waals surface area contributed by atoms with Crippen LogP contribution in [0.25, 0.3) is 5.76 Å². The predicted octanol–water partition coefficient (Wildman–Crippen LogP) is 4.46. The zero-order valence-electron chi connectivity index (χ0n) is 29.0. The zero-order chi connectivity index (χ0) is 37.4. The summed E-state index contributed by atoms with van der Waals surface area (Å²) in [6.45, 7) is 9.57. The molecule has 1 aliphatic carbocycles. The average Bonchev–Trinajstić information content (AvgIpc) is 3.07. The highest BCUT2D eigenvalue weighted by Gasteiger charge is 2.39. The molecule has 0 fully saturated rings. The highest BCUT2D eigenvalue weighted by molar-refractivity contribution is 6.53. The number of rotatable bonds is 0. The number of benzene rings is 1. The van der Waals surface area contributed by atoms with Gasteiger partial charge in [0.2, 0.25) is 11.7 Å². The summed E-state index contributed by atoms with van der Waals surface area (Å²) in [6.07, 6.45) is 11.9. The van der Waals surface area contributed by atoms with E-state index in [9.17, 15) is 49.5 Å². The molecular weight excluding hydrogens is 642 g/mol. The fourth-order valence-electron chi connectivity index (χ4n) is 5.53. The molecule has 0 aromatic heterocycles. The van der Waals surface area contributed by atoms with Gasteiger partial charge >= 0.3 is 0 Å². The van der Waals surface area contributed by atoms with Gasteiger partial charge in [-0.05, 0) is 50.0 Å². The molecule has 50 heavy (non-hydrogen) atoms. The van der Waals surface area contributed by atoms with Crippen LogP contribution in [0.3, 0.4) is 0 Å². The molecule has 6 atom stereocenters. The molecule has 266 valence electrons. The van der Waals surface area contributed by atoms with Crippen LogP contribution >= 0.6 is 0 Å². The van der Waals surface area contributed by atoms with Gasteiger partial charge in [0.05, 0.1) is 29.4 Å². The maximum Gasteiger partial charge on any atom is 0.253 e. The van der Waals surface area contributed by atoms with Crippen molar-refractivity contribution in [1.82, 2.24) is 5.32 Å². The monoisotopic (exact) mass is 687 g/mol. The van der Waals surface area contributed by atoms with Crippen molar-refractivity contribution in [3.8, 4) is 5.75 Å². The number of hydrogen-bond acceptors (Lipinski definition) is 10. The van der Waals surface area contributed by atoms with E-state index in [1.165, 1.54) is 44.2 Å². The van der Waals surface area contributed by atoms with Crippen molar-refractivity contribution in [2.24, 2.45) is 17.8 Å². The summed E-state index contributed by atoms with van der Waals surface area (Å²) in [4.78, 5) is 65.5. The topological polar surface area (TPSA) is 199 Å². The van der Waals surface area contributed by atoms with E-state index in [2.05, 4.69) is 5.32 Å². The molecule has 11 nitrogen and oxygen atoms in total. The normalized spacial score (nSPS) is 30.3. The fraction of sp³-hybridized carbons (Fsp3) is 0.359. The Morgan fingerprint density at radius 2 is 1.38 bits per heavy atom. The Hall–Kier alpha value is -4.97. The van der Waals surface area contributed by atoms with Gasteiger partial charge in [-0.3, -0.25) is 24.0 Å². The third-order valence-corrected chi connectivity index (χ3v) is 8.81.